The lowest BCUT2D eigenvalue weighted by Crippen LogP contribution is -2.32. The molecule has 4 rings (SSSR count). The smallest absolute Gasteiger partial charge is 0.229 e. The van der Waals surface area contributed by atoms with Crippen LogP contribution < -0.4 is 5.32 Å². The Morgan fingerprint density at radius 1 is 1.33 bits per heavy atom. The van der Waals surface area contributed by atoms with Gasteiger partial charge in [-0.3, -0.25) is 14.6 Å². The van der Waals surface area contributed by atoms with Gasteiger partial charge in [0.1, 0.15) is 0 Å². The van der Waals surface area contributed by atoms with Gasteiger partial charge in [0.2, 0.25) is 17.7 Å². The van der Waals surface area contributed by atoms with Gasteiger partial charge in [-0.2, -0.15) is 4.98 Å². The second-order valence-corrected chi connectivity index (χ2v) is 7.28. The highest BCUT2D eigenvalue weighted by Crippen LogP contribution is 2.32. The average Bonchev–Trinajstić information content (AvgIpc) is 3.42. The van der Waals surface area contributed by atoms with E-state index in [1.165, 1.54) is 12.8 Å². The largest absolute Gasteiger partial charge is 0.348 e. The number of nitrogens with one attached hydrogen (secondary N) is 1. The van der Waals surface area contributed by atoms with Crippen molar-refractivity contribution in [2.45, 2.75) is 51.1 Å². The number of hydrogen-bond donors (Lipinski definition) is 1. The molecule has 1 atom stereocenters. The van der Waals surface area contributed by atoms with Crippen LogP contribution in [0.3, 0.4) is 0 Å². The summed E-state index contributed by atoms with van der Waals surface area (Å²) < 4.78 is 5.33. The molecule has 142 valence electrons. The highest BCUT2D eigenvalue weighted by Gasteiger charge is 2.34. The van der Waals surface area contributed by atoms with Crippen molar-refractivity contribution in [3.63, 3.8) is 0 Å². The number of carbonyl (C=O) groups is 2. The molecule has 2 aromatic rings. The molecule has 0 radical (unpaired) electrons. The van der Waals surface area contributed by atoms with Crippen LogP contribution in [0, 0.1) is 5.92 Å². The number of rotatable bonds is 6. The van der Waals surface area contributed by atoms with E-state index >= 15 is 0 Å². The van der Waals surface area contributed by atoms with Gasteiger partial charge in [-0.25, -0.2) is 0 Å². The number of nitrogens with zero attached hydrogens (tertiary/aromatic N) is 4. The molecule has 2 amide bonds. The van der Waals surface area contributed by atoms with E-state index in [0.717, 1.165) is 18.4 Å². The zero-order valence-corrected chi connectivity index (χ0v) is 15.1. The van der Waals surface area contributed by atoms with Gasteiger partial charge in [-0.15, -0.1) is 0 Å². The molecule has 0 aromatic carbocycles. The highest BCUT2D eigenvalue weighted by atomic mass is 16.5. The molecule has 27 heavy (non-hydrogen) atoms. The van der Waals surface area contributed by atoms with Crippen molar-refractivity contribution >= 4 is 11.8 Å². The second kappa shape index (κ2) is 7.85. The van der Waals surface area contributed by atoms with Gasteiger partial charge in [0.25, 0.3) is 0 Å². The lowest BCUT2D eigenvalue weighted by atomic mass is 10.1. The fourth-order valence-electron chi connectivity index (χ4n) is 3.80. The molecule has 8 nitrogen and oxygen atoms in total. The first-order chi connectivity index (χ1) is 13.2. The topological polar surface area (TPSA) is 101 Å². The molecule has 8 heteroatoms. The van der Waals surface area contributed by atoms with Crippen LogP contribution in [0.1, 0.15) is 55.3 Å². The summed E-state index contributed by atoms with van der Waals surface area (Å²) >= 11 is 0. The van der Waals surface area contributed by atoms with E-state index in [9.17, 15) is 9.59 Å². The van der Waals surface area contributed by atoms with Gasteiger partial charge < -0.3 is 14.7 Å². The van der Waals surface area contributed by atoms with Crippen molar-refractivity contribution in [1.82, 2.24) is 25.3 Å². The first-order valence-corrected chi connectivity index (χ1v) is 9.46. The van der Waals surface area contributed by atoms with Crippen LogP contribution in [0.5, 0.6) is 0 Å². The molecule has 1 saturated heterocycles. The summed E-state index contributed by atoms with van der Waals surface area (Å²) in [5, 5.41) is 6.79. The predicted octanol–water partition coefficient (Wildman–Crippen LogP) is 1.79. The Hall–Kier alpha value is -2.77. The van der Waals surface area contributed by atoms with E-state index in [4.69, 9.17) is 4.52 Å². The molecule has 2 aromatic heterocycles. The van der Waals surface area contributed by atoms with Gasteiger partial charge in [0, 0.05) is 37.8 Å². The van der Waals surface area contributed by atoms with E-state index in [1.54, 1.807) is 17.3 Å². The van der Waals surface area contributed by atoms with Crippen LogP contribution in [-0.2, 0) is 22.7 Å². The average molecular weight is 369 g/mol. The van der Waals surface area contributed by atoms with Crippen LogP contribution in [0.4, 0.5) is 0 Å². The molecule has 3 heterocycles. The van der Waals surface area contributed by atoms with Crippen molar-refractivity contribution in [1.29, 1.82) is 0 Å². The lowest BCUT2D eigenvalue weighted by molar-refractivity contribution is -0.129. The van der Waals surface area contributed by atoms with E-state index in [1.807, 2.05) is 12.1 Å². The Morgan fingerprint density at radius 3 is 2.96 bits per heavy atom. The minimum Gasteiger partial charge on any atom is -0.348 e. The Morgan fingerprint density at radius 2 is 2.19 bits per heavy atom. The number of likely N-dealkylation sites (tertiary alicyclic amines) is 1. The van der Waals surface area contributed by atoms with Crippen LogP contribution >= 0.6 is 0 Å². The number of carbonyl (C=O) groups excluding carboxylic acids is 2. The van der Waals surface area contributed by atoms with Gasteiger partial charge in [-0.05, 0) is 24.5 Å². The van der Waals surface area contributed by atoms with Crippen molar-refractivity contribution in [3.8, 4) is 0 Å². The van der Waals surface area contributed by atoms with Crippen LogP contribution in [0.2, 0.25) is 0 Å². The molecular weight excluding hydrogens is 346 g/mol. The molecule has 0 spiro atoms. The highest BCUT2D eigenvalue weighted by molar-refractivity contribution is 5.89. The van der Waals surface area contributed by atoms with Gasteiger partial charge in [0.05, 0.1) is 12.5 Å². The predicted molar refractivity (Wildman–Crippen MR) is 95.1 cm³/mol. The molecule has 2 aliphatic rings. The summed E-state index contributed by atoms with van der Waals surface area (Å²) in [7, 11) is 0. The van der Waals surface area contributed by atoms with Crippen LogP contribution in [-0.4, -0.2) is 38.4 Å². The molecule has 0 bridgehead atoms. The molecule has 2 fully saturated rings. The molecule has 1 aliphatic carbocycles. The zero-order chi connectivity index (χ0) is 18.6. The summed E-state index contributed by atoms with van der Waals surface area (Å²) in [6, 6.07) is 3.76. The summed E-state index contributed by atoms with van der Waals surface area (Å²) in [6.45, 7) is 1.12. The van der Waals surface area contributed by atoms with Crippen molar-refractivity contribution in [2.24, 2.45) is 5.92 Å². The third-order valence-corrected chi connectivity index (χ3v) is 5.29. The molecule has 1 saturated carbocycles. The van der Waals surface area contributed by atoms with Gasteiger partial charge in [0.15, 0.2) is 5.82 Å². The van der Waals surface area contributed by atoms with E-state index in [2.05, 4.69) is 20.4 Å². The summed E-state index contributed by atoms with van der Waals surface area (Å²) in [6.07, 6.45) is 8.23. The summed E-state index contributed by atoms with van der Waals surface area (Å²) in [5.74, 6) is 1.01. The van der Waals surface area contributed by atoms with Gasteiger partial charge in [-0.1, -0.05) is 24.1 Å². The first-order valence-electron chi connectivity index (χ1n) is 9.46. The second-order valence-electron chi connectivity index (χ2n) is 7.28. The minimum atomic E-state index is -0.352. The quantitative estimate of drug-likeness (QED) is 0.833. The maximum Gasteiger partial charge on any atom is 0.229 e. The number of amides is 2. The Kier molecular flexibility index (Phi) is 5.13. The monoisotopic (exact) mass is 369 g/mol. The molecule has 1 aliphatic heterocycles. The Bertz CT molecular complexity index is 801. The van der Waals surface area contributed by atoms with Crippen LogP contribution in [0.25, 0.3) is 0 Å². The van der Waals surface area contributed by atoms with Crippen LogP contribution in [0.15, 0.2) is 29.0 Å². The Labute approximate surface area is 157 Å². The number of pyridine rings is 1. The number of aromatic nitrogens is 3. The first kappa shape index (κ1) is 17.6. The zero-order valence-electron chi connectivity index (χ0n) is 15.1. The van der Waals surface area contributed by atoms with Crippen molar-refractivity contribution in [2.75, 3.05) is 6.54 Å². The normalized spacial score (nSPS) is 20.4. The maximum atomic E-state index is 12.4. The lowest BCUT2D eigenvalue weighted by Gasteiger charge is -2.16. The van der Waals surface area contributed by atoms with E-state index < -0.39 is 0 Å². The number of hydrogen-bond acceptors (Lipinski definition) is 6. The third-order valence-electron chi connectivity index (χ3n) is 5.29. The molecular formula is C19H23N5O3. The van der Waals surface area contributed by atoms with Crippen molar-refractivity contribution < 1.29 is 14.1 Å². The molecule has 0 unspecified atom stereocenters. The van der Waals surface area contributed by atoms with E-state index in [-0.39, 0.29) is 30.7 Å². The standard InChI is InChI=1S/C19H23N5O3/c25-17-8-15(12-24(17)11-13-4-3-7-20-9-13)18(26)21-10-16-22-19(27-23-16)14-5-1-2-6-14/h3-4,7,9,14-15H,1-2,5-6,8,10-12H2,(H,21,26)/t15-/m0/s1. The van der Waals surface area contributed by atoms with Gasteiger partial charge >= 0.3 is 0 Å². The summed E-state index contributed by atoms with van der Waals surface area (Å²) in [4.78, 5) is 34.8. The molecule has 1 N–H and O–H groups in total. The Balaban J connectivity index is 1.28. The summed E-state index contributed by atoms with van der Waals surface area (Å²) in [5.41, 5.74) is 0.957. The third kappa shape index (κ3) is 4.15. The van der Waals surface area contributed by atoms with E-state index in [0.29, 0.717) is 30.7 Å². The minimum absolute atomic E-state index is 0.0120. The fourth-order valence-corrected chi connectivity index (χ4v) is 3.80. The maximum absolute atomic E-state index is 12.4. The van der Waals surface area contributed by atoms with Crippen molar-refractivity contribution in [3.05, 3.63) is 41.8 Å². The SMILES string of the molecule is O=C(NCc1noc(C2CCCC2)n1)[C@H]1CC(=O)N(Cc2cccnc2)C1. The fraction of sp³-hybridized carbons (Fsp3) is 0.526.